The second-order valence-electron chi connectivity index (χ2n) is 6.11. The second kappa shape index (κ2) is 7.70. The van der Waals surface area contributed by atoms with Gasteiger partial charge in [-0.25, -0.2) is 0 Å². The van der Waals surface area contributed by atoms with Crippen molar-refractivity contribution in [1.29, 1.82) is 0 Å². The van der Waals surface area contributed by atoms with Gasteiger partial charge in [0, 0.05) is 10.4 Å². The van der Waals surface area contributed by atoms with Crippen molar-refractivity contribution in [1.82, 2.24) is 0 Å². The van der Waals surface area contributed by atoms with Crippen LogP contribution in [0.2, 0.25) is 0 Å². The Kier molecular flexibility index (Phi) is 5.38. The Bertz CT molecular complexity index is 781. The zero-order chi connectivity index (χ0) is 17.8. The van der Waals surface area contributed by atoms with Crippen LogP contribution in [0.5, 0.6) is 5.75 Å². The van der Waals surface area contributed by atoms with Crippen molar-refractivity contribution in [3.8, 4) is 5.75 Å². The van der Waals surface area contributed by atoms with Crippen LogP contribution in [0.3, 0.4) is 0 Å². The zero-order valence-corrected chi connectivity index (χ0v) is 15.1. The number of ether oxygens (including phenoxy) is 1. The highest BCUT2D eigenvalue weighted by Crippen LogP contribution is 2.38. The lowest BCUT2D eigenvalue weighted by Crippen LogP contribution is -2.18. The fraction of sp³-hybridized carbons (Fsp3) is 0.368. The minimum Gasteiger partial charge on any atom is -0.494 e. The SMILES string of the molecule is CCCOc1ccc(C(=O)Nc2sc3c(c2C(N)=O)CCCC3)cc1. The number of benzene rings is 1. The maximum atomic E-state index is 12.5. The maximum Gasteiger partial charge on any atom is 0.256 e. The molecule has 0 bridgehead atoms. The molecule has 132 valence electrons. The molecule has 0 atom stereocenters. The summed E-state index contributed by atoms with van der Waals surface area (Å²) in [5.41, 5.74) is 7.58. The molecule has 0 saturated carbocycles. The number of nitrogens with two attached hydrogens (primary N) is 1. The first kappa shape index (κ1) is 17.5. The highest BCUT2D eigenvalue weighted by atomic mass is 32.1. The lowest BCUT2D eigenvalue weighted by Gasteiger charge is -2.11. The van der Waals surface area contributed by atoms with Gasteiger partial charge in [0.25, 0.3) is 11.8 Å². The molecule has 3 N–H and O–H groups in total. The molecular weight excluding hydrogens is 336 g/mol. The topological polar surface area (TPSA) is 81.4 Å². The third-order valence-electron chi connectivity index (χ3n) is 4.23. The van der Waals surface area contributed by atoms with Gasteiger partial charge in [0.1, 0.15) is 10.8 Å². The third-order valence-corrected chi connectivity index (χ3v) is 5.44. The van der Waals surface area contributed by atoms with E-state index in [0.29, 0.717) is 22.7 Å². The first-order chi connectivity index (χ1) is 12.1. The Labute approximate surface area is 151 Å². The number of primary amides is 1. The van der Waals surface area contributed by atoms with Gasteiger partial charge in [-0.15, -0.1) is 11.3 Å². The second-order valence-corrected chi connectivity index (χ2v) is 7.21. The smallest absolute Gasteiger partial charge is 0.256 e. The minimum atomic E-state index is -0.474. The number of anilines is 1. The van der Waals surface area contributed by atoms with E-state index in [9.17, 15) is 9.59 Å². The van der Waals surface area contributed by atoms with Crippen LogP contribution in [-0.2, 0) is 12.8 Å². The Morgan fingerprint density at radius 2 is 1.92 bits per heavy atom. The molecule has 1 aliphatic rings. The van der Waals surface area contributed by atoms with Gasteiger partial charge in [0.05, 0.1) is 12.2 Å². The number of rotatable bonds is 6. The highest BCUT2D eigenvalue weighted by Gasteiger charge is 2.25. The van der Waals surface area contributed by atoms with E-state index in [1.54, 1.807) is 24.3 Å². The summed E-state index contributed by atoms with van der Waals surface area (Å²) in [6.45, 7) is 2.69. The van der Waals surface area contributed by atoms with Crippen LogP contribution in [-0.4, -0.2) is 18.4 Å². The summed E-state index contributed by atoms with van der Waals surface area (Å²) >= 11 is 1.47. The largest absolute Gasteiger partial charge is 0.494 e. The zero-order valence-electron chi connectivity index (χ0n) is 14.3. The summed E-state index contributed by atoms with van der Waals surface area (Å²) < 4.78 is 5.52. The van der Waals surface area contributed by atoms with Crippen LogP contribution >= 0.6 is 11.3 Å². The molecule has 0 spiro atoms. The average Bonchev–Trinajstić information content (AvgIpc) is 2.98. The first-order valence-electron chi connectivity index (χ1n) is 8.58. The van der Waals surface area contributed by atoms with E-state index < -0.39 is 5.91 Å². The van der Waals surface area contributed by atoms with E-state index in [0.717, 1.165) is 43.4 Å². The Balaban J connectivity index is 1.79. The molecular formula is C19H22N2O3S. The number of hydrogen-bond donors (Lipinski definition) is 2. The van der Waals surface area contributed by atoms with Gasteiger partial charge in [-0.3, -0.25) is 9.59 Å². The number of carbonyl (C=O) groups is 2. The minimum absolute atomic E-state index is 0.247. The molecule has 6 heteroatoms. The summed E-state index contributed by atoms with van der Waals surface area (Å²) in [6.07, 6.45) is 4.89. The van der Waals surface area contributed by atoms with Crippen molar-refractivity contribution in [3.63, 3.8) is 0 Å². The number of hydrogen-bond acceptors (Lipinski definition) is 4. The van der Waals surface area contributed by atoms with Gasteiger partial charge in [0.2, 0.25) is 0 Å². The van der Waals surface area contributed by atoms with Crippen molar-refractivity contribution in [2.45, 2.75) is 39.0 Å². The predicted molar refractivity (Wildman–Crippen MR) is 99.7 cm³/mol. The molecule has 25 heavy (non-hydrogen) atoms. The molecule has 0 aliphatic heterocycles. The van der Waals surface area contributed by atoms with Gasteiger partial charge in [-0.05, 0) is 61.9 Å². The monoisotopic (exact) mass is 358 g/mol. The maximum absolute atomic E-state index is 12.5. The molecule has 5 nitrogen and oxygen atoms in total. The van der Waals surface area contributed by atoms with Crippen molar-refractivity contribution < 1.29 is 14.3 Å². The van der Waals surface area contributed by atoms with Gasteiger partial charge in [-0.1, -0.05) is 6.92 Å². The highest BCUT2D eigenvalue weighted by molar-refractivity contribution is 7.17. The van der Waals surface area contributed by atoms with Gasteiger partial charge in [0.15, 0.2) is 0 Å². The van der Waals surface area contributed by atoms with E-state index in [1.807, 2.05) is 6.92 Å². The standard InChI is InChI=1S/C19H22N2O3S/c1-2-11-24-13-9-7-12(8-10-13)18(23)21-19-16(17(20)22)14-5-3-4-6-15(14)25-19/h7-10H,2-6,11H2,1H3,(H2,20,22)(H,21,23). The van der Waals surface area contributed by atoms with Crippen LogP contribution in [0.15, 0.2) is 24.3 Å². The molecule has 1 heterocycles. The van der Waals surface area contributed by atoms with Crippen molar-refractivity contribution in [2.24, 2.45) is 5.73 Å². The molecule has 3 rings (SSSR count). The fourth-order valence-electron chi connectivity index (χ4n) is 3.01. The molecule has 0 saturated heterocycles. The first-order valence-corrected chi connectivity index (χ1v) is 9.40. The number of aryl methyl sites for hydroxylation is 1. The summed E-state index contributed by atoms with van der Waals surface area (Å²) in [5.74, 6) is 0.0176. The molecule has 0 radical (unpaired) electrons. The molecule has 1 aromatic carbocycles. The summed E-state index contributed by atoms with van der Waals surface area (Å²) in [5, 5.41) is 3.43. The average molecular weight is 358 g/mol. The van der Waals surface area contributed by atoms with Crippen LogP contribution < -0.4 is 15.8 Å². The van der Waals surface area contributed by atoms with E-state index in [4.69, 9.17) is 10.5 Å². The number of carbonyl (C=O) groups excluding carboxylic acids is 2. The van der Waals surface area contributed by atoms with Gasteiger partial charge >= 0.3 is 0 Å². The van der Waals surface area contributed by atoms with Crippen LogP contribution in [0.25, 0.3) is 0 Å². The number of fused-ring (bicyclic) bond motifs is 1. The van der Waals surface area contributed by atoms with Crippen LogP contribution in [0.1, 0.15) is 57.3 Å². The van der Waals surface area contributed by atoms with E-state index in [2.05, 4.69) is 5.32 Å². The number of thiophene rings is 1. The molecule has 0 unspecified atom stereocenters. The molecule has 2 amide bonds. The summed E-state index contributed by atoms with van der Waals surface area (Å²) in [6, 6.07) is 6.99. The Morgan fingerprint density at radius 1 is 1.20 bits per heavy atom. The Hall–Kier alpha value is -2.34. The number of amides is 2. The molecule has 1 aromatic heterocycles. The quantitative estimate of drug-likeness (QED) is 0.825. The number of nitrogens with one attached hydrogen (secondary N) is 1. The fourth-order valence-corrected chi connectivity index (χ4v) is 4.30. The van der Waals surface area contributed by atoms with E-state index in [-0.39, 0.29) is 5.91 Å². The van der Waals surface area contributed by atoms with Crippen molar-refractivity contribution >= 4 is 28.2 Å². The van der Waals surface area contributed by atoms with Gasteiger partial charge in [-0.2, -0.15) is 0 Å². The van der Waals surface area contributed by atoms with Crippen molar-refractivity contribution in [2.75, 3.05) is 11.9 Å². The van der Waals surface area contributed by atoms with Crippen LogP contribution in [0, 0.1) is 0 Å². The summed E-state index contributed by atoms with van der Waals surface area (Å²) in [7, 11) is 0. The molecule has 0 fully saturated rings. The normalized spacial score (nSPS) is 13.2. The van der Waals surface area contributed by atoms with Gasteiger partial charge < -0.3 is 15.8 Å². The van der Waals surface area contributed by atoms with E-state index >= 15 is 0 Å². The van der Waals surface area contributed by atoms with E-state index in [1.165, 1.54) is 16.2 Å². The Morgan fingerprint density at radius 3 is 2.60 bits per heavy atom. The summed E-state index contributed by atoms with van der Waals surface area (Å²) in [4.78, 5) is 25.6. The third kappa shape index (κ3) is 3.85. The molecule has 2 aromatic rings. The predicted octanol–water partition coefficient (Wildman–Crippen LogP) is 3.77. The lowest BCUT2D eigenvalue weighted by molar-refractivity contribution is 0.100. The van der Waals surface area contributed by atoms with Crippen molar-refractivity contribution in [3.05, 3.63) is 45.8 Å². The lowest BCUT2D eigenvalue weighted by atomic mass is 9.95. The van der Waals surface area contributed by atoms with Crippen LogP contribution in [0.4, 0.5) is 5.00 Å². The molecule has 1 aliphatic carbocycles.